The number of nitrogens with one attached hydrogen (secondary N) is 1. The van der Waals surface area contributed by atoms with Crippen molar-refractivity contribution in [2.75, 3.05) is 13.7 Å². The van der Waals surface area contributed by atoms with Crippen LogP contribution in [0.15, 0.2) is 78.9 Å². The Morgan fingerprint density at radius 2 is 1.38 bits per heavy atom. The summed E-state index contributed by atoms with van der Waals surface area (Å²) in [6, 6.07) is 28.4. The van der Waals surface area contributed by atoms with Crippen LogP contribution in [0, 0.1) is 6.92 Å². The van der Waals surface area contributed by atoms with E-state index in [4.69, 9.17) is 4.74 Å². The number of ether oxygens (including phenoxy) is 1. The van der Waals surface area contributed by atoms with E-state index in [1.807, 2.05) is 12.1 Å². The van der Waals surface area contributed by atoms with Gasteiger partial charge >= 0.3 is 0 Å². The van der Waals surface area contributed by atoms with Crippen molar-refractivity contribution in [2.24, 2.45) is 0 Å². The Bertz CT molecular complexity index is 825. The predicted molar refractivity (Wildman–Crippen MR) is 123 cm³/mol. The van der Waals surface area contributed by atoms with Gasteiger partial charge < -0.3 is 10.1 Å². The molecule has 3 aromatic carbocycles. The lowest BCUT2D eigenvalue weighted by atomic mass is 9.97. The van der Waals surface area contributed by atoms with Gasteiger partial charge in [0.1, 0.15) is 5.75 Å². The van der Waals surface area contributed by atoms with Crippen LogP contribution in [0.5, 0.6) is 5.75 Å². The molecular weight excluding hydrogens is 354 g/mol. The second-order valence-electron chi connectivity index (χ2n) is 7.72. The van der Waals surface area contributed by atoms with Crippen LogP contribution in [0.2, 0.25) is 0 Å². The molecule has 0 aromatic heterocycles. The van der Waals surface area contributed by atoms with Gasteiger partial charge in [0, 0.05) is 0 Å². The molecule has 2 heteroatoms. The van der Waals surface area contributed by atoms with E-state index in [9.17, 15) is 0 Å². The van der Waals surface area contributed by atoms with E-state index >= 15 is 0 Å². The molecule has 1 N–H and O–H groups in total. The fourth-order valence-electron chi connectivity index (χ4n) is 3.68. The van der Waals surface area contributed by atoms with Gasteiger partial charge in [-0.3, -0.25) is 0 Å². The fourth-order valence-corrected chi connectivity index (χ4v) is 3.68. The van der Waals surface area contributed by atoms with Crippen molar-refractivity contribution in [2.45, 2.75) is 45.1 Å². The van der Waals surface area contributed by atoms with Gasteiger partial charge in [-0.05, 0) is 61.6 Å². The maximum absolute atomic E-state index is 5.22. The topological polar surface area (TPSA) is 21.3 Å². The second-order valence-corrected chi connectivity index (χ2v) is 7.72. The summed E-state index contributed by atoms with van der Waals surface area (Å²) < 4.78 is 5.22. The molecule has 0 fully saturated rings. The highest BCUT2D eigenvalue weighted by Gasteiger charge is 2.12. The van der Waals surface area contributed by atoms with Crippen molar-refractivity contribution in [3.05, 3.63) is 101 Å². The highest BCUT2D eigenvalue weighted by atomic mass is 16.5. The number of rotatable bonds is 11. The molecule has 1 unspecified atom stereocenters. The Balaban J connectivity index is 1.42. The molecule has 0 aliphatic heterocycles. The van der Waals surface area contributed by atoms with Crippen molar-refractivity contribution in [3.8, 4) is 5.75 Å². The molecule has 0 saturated carbocycles. The van der Waals surface area contributed by atoms with Crippen LogP contribution >= 0.6 is 0 Å². The molecule has 0 amide bonds. The SMILES string of the molecule is COc1ccc(CCCCCCNC(c2ccccc2)c2ccc(C)cc2)cc1. The zero-order valence-corrected chi connectivity index (χ0v) is 17.7. The third-order valence-electron chi connectivity index (χ3n) is 5.44. The van der Waals surface area contributed by atoms with Crippen LogP contribution in [0.1, 0.15) is 54.0 Å². The summed E-state index contributed by atoms with van der Waals surface area (Å²) in [4.78, 5) is 0. The summed E-state index contributed by atoms with van der Waals surface area (Å²) >= 11 is 0. The number of unbranched alkanes of at least 4 members (excludes halogenated alkanes) is 3. The molecule has 0 saturated heterocycles. The molecule has 0 heterocycles. The maximum Gasteiger partial charge on any atom is 0.118 e. The molecular formula is C27H33NO. The molecule has 0 bridgehead atoms. The summed E-state index contributed by atoms with van der Waals surface area (Å²) in [7, 11) is 1.71. The molecule has 152 valence electrons. The third kappa shape index (κ3) is 6.76. The molecule has 0 radical (unpaired) electrons. The number of benzene rings is 3. The summed E-state index contributed by atoms with van der Waals surface area (Å²) in [5.41, 5.74) is 5.36. The zero-order chi connectivity index (χ0) is 20.3. The molecule has 3 rings (SSSR count). The Hall–Kier alpha value is -2.58. The fraction of sp³-hybridized carbons (Fsp3) is 0.333. The van der Waals surface area contributed by atoms with Gasteiger partial charge in [-0.25, -0.2) is 0 Å². The lowest BCUT2D eigenvalue weighted by Gasteiger charge is -2.20. The Morgan fingerprint density at radius 3 is 2.07 bits per heavy atom. The van der Waals surface area contributed by atoms with E-state index in [-0.39, 0.29) is 6.04 Å². The molecule has 1 atom stereocenters. The monoisotopic (exact) mass is 387 g/mol. The Labute approximate surface area is 175 Å². The van der Waals surface area contributed by atoms with Gasteiger partial charge in [0.25, 0.3) is 0 Å². The van der Waals surface area contributed by atoms with E-state index < -0.39 is 0 Å². The average Bonchev–Trinajstić information content (AvgIpc) is 2.77. The quantitative estimate of drug-likeness (QED) is 0.380. The van der Waals surface area contributed by atoms with Crippen LogP contribution in [0.4, 0.5) is 0 Å². The van der Waals surface area contributed by atoms with Gasteiger partial charge in [-0.15, -0.1) is 0 Å². The normalized spacial score (nSPS) is 11.9. The molecule has 29 heavy (non-hydrogen) atoms. The number of hydrogen-bond donors (Lipinski definition) is 1. The van der Waals surface area contributed by atoms with Crippen molar-refractivity contribution >= 4 is 0 Å². The minimum atomic E-state index is 0.260. The molecule has 0 spiro atoms. The number of aryl methyl sites for hydroxylation is 2. The smallest absolute Gasteiger partial charge is 0.118 e. The van der Waals surface area contributed by atoms with E-state index in [1.165, 1.54) is 47.9 Å². The van der Waals surface area contributed by atoms with Gasteiger partial charge in [0.15, 0.2) is 0 Å². The van der Waals surface area contributed by atoms with E-state index in [0.717, 1.165) is 18.7 Å². The van der Waals surface area contributed by atoms with Crippen LogP contribution in [0.25, 0.3) is 0 Å². The summed E-state index contributed by atoms with van der Waals surface area (Å²) in [5, 5.41) is 3.78. The lowest BCUT2D eigenvalue weighted by molar-refractivity contribution is 0.414. The lowest BCUT2D eigenvalue weighted by Crippen LogP contribution is -2.23. The first-order chi connectivity index (χ1) is 14.3. The highest BCUT2D eigenvalue weighted by molar-refractivity contribution is 5.33. The molecule has 3 aromatic rings. The number of hydrogen-bond acceptors (Lipinski definition) is 2. The summed E-state index contributed by atoms with van der Waals surface area (Å²) in [5.74, 6) is 0.932. The molecule has 0 aliphatic carbocycles. The largest absolute Gasteiger partial charge is 0.497 e. The van der Waals surface area contributed by atoms with Crippen molar-refractivity contribution in [1.29, 1.82) is 0 Å². The van der Waals surface area contributed by atoms with Gasteiger partial charge in [0.2, 0.25) is 0 Å². The van der Waals surface area contributed by atoms with Crippen molar-refractivity contribution in [3.63, 3.8) is 0 Å². The first-order valence-corrected chi connectivity index (χ1v) is 10.7. The van der Waals surface area contributed by atoms with E-state index in [0.29, 0.717) is 0 Å². The van der Waals surface area contributed by atoms with Gasteiger partial charge in [-0.1, -0.05) is 85.1 Å². The van der Waals surface area contributed by atoms with Gasteiger partial charge in [0.05, 0.1) is 13.2 Å². The molecule has 2 nitrogen and oxygen atoms in total. The van der Waals surface area contributed by atoms with Crippen LogP contribution in [-0.4, -0.2) is 13.7 Å². The highest BCUT2D eigenvalue weighted by Crippen LogP contribution is 2.22. The standard InChI is InChI=1S/C27H33NO/c1-22-13-17-25(18-14-22)27(24-11-7-5-8-12-24)28-21-9-4-3-6-10-23-15-19-26(29-2)20-16-23/h5,7-8,11-20,27-28H,3-4,6,9-10,21H2,1-2H3. The van der Waals surface area contributed by atoms with Crippen LogP contribution in [0.3, 0.4) is 0 Å². The molecule has 0 aliphatic rings. The Morgan fingerprint density at radius 1 is 0.724 bits per heavy atom. The van der Waals surface area contributed by atoms with Crippen LogP contribution < -0.4 is 10.1 Å². The summed E-state index contributed by atoms with van der Waals surface area (Å²) in [6.45, 7) is 3.18. The van der Waals surface area contributed by atoms with Crippen molar-refractivity contribution in [1.82, 2.24) is 5.32 Å². The van der Waals surface area contributed by atoms with E-state index in [2.05, 4.69) is 79.0 Å². The van der Waals surface area contributed by atoms with Gasteiger partial charge in [-0.2, -0.15) is 0 Å². The van der Waals surface area contributed by atoms with E-state index in [1.54, 1.807) is 7.11 Å². The first-order valence-electron chi connectivity index (χ1n) is 10.7. The Kier molecular flexibility index (Phi) is 8.33. The summed E-state index contributed by atoms with van der Waals surface area (Å²) in [6.07, 6.45) is 6.13. The predicted octanol–water partition coefficient (Wildman–Crippen LogP) is 6.49. The maximum atomic E-state index is 5.22. The van der Waals surface area contributed by atoms with Crippen LogP contribution in [-0.2, 0) is 6.42 Å². The first kappa shape index (κ1) is 21.1. The van der Waals surface area contributed by atoms with Crippen molar-refractivity contribution < 1.29 is 4.74 Å². The minimum absolute atomic E-state index is 0.260. The zero-order valence-electron chi connectivity index (χ0n) is 17.7. The average molecular weight is 388 g/mol. The minimum Gasteiger partial charge on any atom is -0.497 e. The number of methoxy groups -OCH3 is 1. The third-order valence-corrected chi connectivity index (χ3v) is 5.44. The second kappa shape index (κ2) is 11.4.